The van der Waals surface area contributed by atoms with Crippen LogP contribution in [0.25, 0.3) is 0 Å². The van der Waals surface area contributed by atoms with Gasteiger partial charge in [-0.1, -0.05) is 12.1 Å². The number of likely N-dealkylation sites (tertiary alicyclic amines) is 1. The van der Waals surface area contributed by atoms with Crippen molar-refractivity contribution in [1.82, 2.24) is 10.2 Å². The first-order valence-electron chi connectivity index (χ1n) is 10.6. The number of rotatable bonds is 6. The maximum atomic E-state index is 12.1. The largest absolute Gasteiger partial charge is 0.372 e. The number of nitrogens with one attached hydrogen (secondary N) is 1. The molecule has 0 spiro atoms. The number of hydrogen-bond acceptors (Lipinski definition) is 7. The molecule has 3 saturated heterocycles. The quantitative estimate of drug-likeness (QED) is 0.528. The van der Waals surface area contributed by atoms with E-state index in [1.54, 1.807) is 0 Å². The van der Waals surface area contributed by atoms with Gasteiger partial charge in [0.05, 0.1) is 12.2 Å². The van der Waals surface area contributed by atoms with Gasteiger partial charge in [-0.05, 0) is 42.9 Å². The Morgan fingerprint density at radius 2 is 1.73 bits per heavy atom. The third-order valence-corrected chi connectivity index (χ3v) is 6.89. The average Bonchev–Trinajstić information content (AvgIpc) is 2.66. The number of benzene rings is 1. The fourth-order valence-electron chi connectivity index (χ4n) is 4.65. The molecule has 0 bridgehead atoms. The number of imide groups is 1. The van der Waals surface area contributed by atoms with Crippen molar-refractivity contribution in [2.45, 2.75) is 37.7 Å². The number of amides is 2. The van der Waals surface area contributed by atoms with E-state index in [1.807, 2.05) is 12.1 Å². The molecule has 30 heavy (non-hydrogen) atoms. The van der Waals surface area contributed by atoms with Gasteiger partial charge in [0.1, 0.15) is 6.10 Å². The van der Waals surface area contributed by atoms with E-state index in [1.165, 1.54) is 0 Å². The first kappa shape index (κ1) is 21.3. The van der Waals surface area contributed by atoms with Crippen molar-refractivity contribution in [2.24, 2.45) is 5.92 Å². The van der Waals surface area contributed by atoms with Gasteiger partial charge in [0.15, 0.2) is 0 Å². The van der Waals surface area contributed by atoms with Crippen molar-refractivity contribution in [3.05, 3.63) is 29.8 Å². The van der Waals surface area contributed by atoms with Gasteiger partial charge in [-0.15, -0.1) is 0 Å². The van der Waals surface area contributed by atoms with Crippen molar-refractivity contribution >= 4 is 27.6 Å². The van der Waals surface area contributed by atoms with Gasteiger partial charge < -0.3 is 4.90 Å². The van der Waals surface area contributed by atoms with E-state index < -0.39 is 10.1 Å². The Balaban J connectivity index is 1.23. The van der Waals surface area contributed by atoms with E-state index in [0.29, 0.717) is 31.8 Å². The summed E-state index contributed by atoms with van der Waals surface area (Å²) in [6.07, 6.45) is 4.07. The number of piperidine rings is 2. The second-order valence-corrected chi connectivity index (χ2v) is 10.3. The molecule has 3 heterocycles. The molecule has 3 aliphatic heterocycles. The van der Waals surface area contributed by atoms with E-state index in [9.17, 15) is 18.0 Å². The monoisotopic (exact) mass is 435 g/mol. The van der Waals surface area contributed by atoms with E-state index >= 15 is 0 Å². The Bertz CT molecular complexity index is 888. The fourth-order valence-corrected chi connectivity index (χ4v) is 5.26. The highest BCUT2D eigenvalue weighted by molar-refractivity contribution is 7.86. The van der Waals surface area contributed by atoms with Crippen LogP contribution in [0.2, 0.25) is 0 Å². The second kappa shape index (κ2) is 8.64. The predicted octanol–water partition coefficient (Wildman–Crippen LogP) is 1.08. The molecule has 1 aromatic rings. The molecule has 8 nitrogen and oxygen atoms in total. The van der Waals surface area contributed by atoms with Crippen LogP contribution in [0.15, 0.2) is 24.3 Å². The highest BCUT2D eigenvalue weighted by atomic mass is 32.2. The molecule has 3 aliphatic rings. The van der Waals surface area contributed by atoms with Crippen molar-refractivity contribution < 1.29 is 22.2 Å². The molecule has 0 radical (unpaired) electrons. The van der Waals surface area contributed by atoms with Gasteiger partial charge in [0.25, 0.3) is 10.1 Å². The van der Waals surface area contributed by atoms with Crippen LogP contribution in [0, 0.1) is 5.92 Å². The third kappa shape index (κ3) is 5.19. The van der Waals surface area contributed by atoms with Crippen LogP contribution in [0.4, 0.5) is 5.69 Å². The Morgan fingerprint density at radius 3 is 2.33 bits per heavy atom. The molecule has 1 aromatic carbocycles. The number of nitrogens with zero attached hydrogens (tertiary/aromatic N) is 2. The van der Waals surface area contributed by atoms with E-state index in [4.69, 9.17) is 4.18 Å². The minimum absolute atomic E-state index is 0.188. The second-order valence-electron chi connectivity index (χ2n) is 8.67. The summed E-state index contributed by atoms with van der Waals surface area (Å²) in [4.78, 5) is 28.0. The van der Waals surface area contributed by atoms with Gasteiger partial charge in [-0.3, -0.25) is 24.0 Å². The van der Waals surface area contributed by atoms with Gasteiger partial charge in [-0.25, -0.2) is 0 Å². The predicted molar refractivity (Wildman–Crippen MR) is 113 cm³/mol. The third-order valence-electron chi connectivity index (χ3n) is 6.27. The van der Waals surface area contributed by atoms with E-state index in [2.05, 4.69) is 27.2 Å². The molecule has 1 unspecified atom stereocenters. The van der Waals surface area contributed by atoms with E-state index in [0.717, 1.165) is 50.0 Å². The summed E-state index contributed by atoms with van der Waals surface area (Å²) in [6.45, 7) is 4.34. The standard InChI is InChI=1S/C21H29N3O5S/c1-30(27,28)29-18-13-23(14-18)12-15-8-10-24(11-9-15)17-4-2-16(3-5-17)19-6-7-20(25)22-21(19)26/h2-5,15,18-19H,6-14H2,1H3,(H,22,25,26). The summed E-state index contributed by atoms with van der Waals surface area (Å²) in [5, 5.41) is 2.42. The van der Waals surface area contributed by atoms with Crippen LogP contribution in [0.3, 0.4) is 0 Å². The average molecular weight is 436 g/mol. The van der Waals surface area contributed by atoms with Crippen molar-refractivity contribution in [3.8, 4) is 0 Å². The number of carbonyl (C=O) groups excluding carboxylic acids is 2. The van der Waals surface area contributed by atoms with Crippen LogP contribution in [-0.4, -0.2) is 70.2 Å². The van der Waals surface area contributed by atoms with Crippen LogP contribution in [-0.2, 0) is 23.9 Å². The molecule has 4 rings (SSSR count). The molecular formula is C21H29N3O5S. The maximum Gasteiger partial charge on any atom is 0.264 e. The zero-order valence-corrected chi connectivity index (χ0v) is 18.1. The topological polar surface area (TPSA) is 96.0 Å². The summed E-state index contributed by atoms with van der Waals surface area (Å²) in [5.41, 5.74) is 2.12. The Labute approximate surface area is 177 Å². The van der Waals surface area contributed by atoms with Gasteiger partial charge >= 0.3 is 0 Å². The van der Waals surface area contributed by atoms with Crippen LogP contribution in [0.5, 0.6) is 0 Å². The molecule has 2 amide bonds. The Kier molecular flexibility index (Phi) is 6.13. The molecule has 0 saturated carbocycles. The van der Waals surface area contributed by atoms with E-state index in [-0.39, 0.29) is 23.8 Å². The first-order valence-corrected chi connectivity index (χ1v) is 12.4. The van der Waals surface area contributed by atoms with Crippen molar-refractivity contribution in [1.29, 1.82) is 0 Å². The highest BCUT2D eigenvalue weighted by Gasteiger charge is 2.33. The molecule has 9 heteroatoms. The van der Waals surface area contributed by atoms with Gasteiger partial charge in [-0.2, -0.15) is 8.42 Å². The zero-order chi connectivity index (χ0) is 21.3. The lowest BCUT2D eigenvalue weighted by molar-refractivity contribution is -0.134. The molecule has 0 aliphatic carbocycles. The molecule has 1 N–H and O–H groups in total. The molecule has 1 atom stereocenters. The molecule has 3 fully saturated rings. The minimum Gasteiger partial charge on any atom is -0.372 e. The van der Waals surface area contributed by atoms with Gasteiger partial charge in [0, 0.05) is 44.8 Å². The highest BCUT2D eigenvalue weighted by Crippen LogP contribution is 2.29. The molecular weight excluding hydrogens is 406 g/mol. The number of carbonyl (C=O) groups is 2. The number of anilines is 1. The van der Waals surface area contributed by atoms with Crippen molar-refractivity contribution in [3.63, 3.8) is 0 Å². The smallest absolute Gasteiger partial charge is 0.264 e. The fraction of sp³-hybridized carbons (Fsp3) is 0.619. The van der Waals surface area contributed by atoms with Crippen molar-refractivity contribution in [2.75, 3.05) is 43.9 Å². The lowest BCUT2D eigenvalue weighted by Crippen LogP contribution is -2.54. The SMILES string of the molecule is CS(=O)(=O)OC1CN(CC2CCN(c3ccc(C4CCC(=O)NC4=O)cc3)CC2)C1. The first-order chi connectivity index (χ1) is 14.3. The summed E-state index contributed by atoms with van der Waals surface area (Å²) >= 11 is 0. The molecule has 164 valence electrons. The van der Waals surface area contributed by atoms with Crippen LogP contribution >= 0.6 is 0 Å². The van der Waals surface area contributed by atoms with Crippen LogP contribution < -0.4 is 10.2 Å². The minimum atomic E-state index is -3.37. The summed E-state index contributed by atoms with van der Waals surface area (Å²) in [7, 11) is -3.37. The van der Waals surface area contributed by atoms with Gasteiger partial charge in [0.2, 0.25) is 11.8 Å². The maximum absolute atomic E-state index is 12.1. The normalized spacial score (nSPS) is 24.6. The summed E-state index contributed by atoms with van der Waals surface area (Å²) < 4.78 is 27.3. The Hall–Kier alpha value is -1.97. The lowest BCUT2D eigenvalue weighted by Gasteiger charge is -2.42. The summed E-state index contributed by atoms with van der Waals surface area (Å²) in [6, 6.07) is 8.15. The molecule has 0 aromatic heterocycles. The Morgan fingerprint density at radius 1 is 1.07 bits per heavy atom. The summed E-state index contributed by atoms with van der Waals surface area (Å²) in [5.74, 6) is -0.0138. The lowest BCUT2D eigenvalue weighted by atomic mass is 9.90. The van der Waals surface area contributed by atoms with Crippen LogP contribution in [0.1, 0.15) is 37.2 Å². The zero-order valence-electron chi connectivity index (χ0n) is 17.2. The number of hydrogen-bond donors (Lipinski definition) is 1.